The van der Waals surface area contributed by atoms with Crippen LogP contribution in [0.2, 0.25) is 0 Å². The minimum absolute atomic E-state index is 0.110. The zero-order chi connectivity index (χ0) is 10.1. The molecule has 0 bridgehead atoms. The van der Waals surface area contributed by atoms with Gasteiger partial charge >= 0.3 is 0 Å². The summed E-state index contributed by atoms with van der Waals surface area (Å²) in [6.07, 6.45) is 0. The molecule has 1 heterocycles. The molecule has 0 saturated heterocycles. The van der Waals surface area contributed by atoms with E-state index >= 15 is 0 Å². The van der Waals surface area contributed by atoms with Crippen LogP contribution >= 0.6 is 22.6 Å². The molecule has 0 radical (unpaired) electrons. The summed E-state index contributed by atoms with van der Waals surface area (Å²) in [5, 5.41) is 3.50. The van der Waals surface area contributed by atoms with E-state index in [2.05, 4.69) is 32.7 Å². The van der Waals surface area contributed by atoms with Crippen LogP contribution in [0, 0.1) is 3.57 Å². The fourth-order valence-electron chi connectivity index (χ4n) is 1.06. The van der Waals surface area contributed by atoms with Gasteiger partial charge in [-0.3, -0.25) is 0 Å². The second-order valence-corrected chi connectivity index (χ2v) is 3.93. The third kappa shape index (κ3) is 1.65. The van der Waals surface area contributed by atoms with Crippen LogP contribution in [0.15, 0.2) is 22.7 Å². The van der Waals surface area contributed by atoms with Crippen LogP contribution in [0.1, 0.15) is 0 Å². The number of hydrogen-bond donors (Lipinski definition) is 2. The molecule has 0 amide bonds. The number of anilines is 2. The van der Waals surface area contributed by atoms with Crippen LogP contribution in [0.3, 0.4) is 0 Å². The summed E-state index contributed by atoms with van der Waals surface area (Å²) in [6, 6.07) is 5.56. The average Bonchev–Trinajstić information content (AvgIpc) is 2.56. The molecule has 72 valence electrons. The Morgan fingerprint density at radius 3 is 2.71 bits per heavy atom. The maximum atomic E-state index is 5.76. The number of halogens is 1. The van der Waals surface area contributed by atoms with Gasteiger partial charge in [-0.1, -0.05) is 0 Å². The zero-order valence-electron chi connectivity index (χ0n) is 7.07. The van der Waals surface area contributed by atoms with E-state index in [1.54, 1.807) is 6.07 Å². The molecule has 2 rings (SSSR count). The third-order valence-corrected chi connectivity index (χ3v) is 2.36. The number of rotatable bonds is 1. The Kier molecular flexibility index (Phi) is 2.28. The molecule has 5 nitrogen and oxygen atoms in total. The quantitative estimate of drug-likeness (QED) is 0.615. The molecule has 0 atom stereocenters. The summed E-state index contributed by atoms with van der Waals surface area (Å²) in [7, 11) is 0. The van der Waals surface area contributed by atoms with Crippen molar-refractivity contribution in [3.8, 4) is 11.5 Å². The van der Waals surface area contributed by atoms with Gasteiger partial charge in [0, 0.05) is 9.26 Å². The van der Waals surface area contributed by atoms with Gasteiger partial charge in [-0.2, -0.15) is 4.98 Å². The topological polar surface area (TPSA) is 91.0 Å². The zero-order valence-corrected chi connectivity index (χ0v) is 9.22. The first-order valence-corrected chi connectivity index (χ1v) is 4.89. The van der Waals surface area contributed by atoms with Crippen LogP contribution in [0.4, 0.5) is 11.6 Å². The van der Waals surface area contributed by atoms with Crippen molar-refractivity contribution in [2.45, 2.75) is 0 Å². The van der Waals surface area contributed by atoms with Gasteiger partial charge in [0.1, 0.15) is 0 Å². The molecule has 4 N–H and O–H groups in total. The Balaban J connectivity index is 2.55. The third-order valence-electron chi connectivity index (χ3n) is 1.69. The fourth-order valence-corrected chi connectivity index (χ4v) is 1.55. The molecular formula is C8H7IN4O. The lowest BCUT2D eigenvalue weighted by molar-refractivity contribution is 0.433. The predicted octanol–water partition coefficient (Wildman–Crippen LogP) is 1.51. The van der Waals surface area contributed by atoms with Gasteiger partial charge in [-0.05, 0) is 45.9 Å². The summed E-state index contributed by atoms with van der Waals surface area (Å²) in [4.78, 5) is 3.90. The van der Waals surface area contributed by atoms with Crippen molar-refractivity contribution in [1.82, 2.24) is 10.1 Å². The number of nitrogen functional groups attached to an aromatic ring is 2. The van der Waals surface area contributed by atoms with Gasteiger partial charge in [-0.25, -0.2) is 0 Å². The predicted molar refractivity (Wildman–Crippen MR) is 61.3 cm³/mol. The molecule has 0 aliphatic carbocycles. The van der Waals surface area contributed by atoms with E-state index in [4.69, 9.17) is 16.0 Å². The Morgan fingerprint density at radius 2 is 2.07 bits per heavy atom. The van der Waals surface area contributed by atoms with Crippen molar-refractivity contribution in [2.24, 2.45) is 0 Å². The number of aromatic nitrogens is 2. The SMILES string of the molecule is Nc1noc(-c2cc(I)ccc2N)n1. The molecule has 0 saturated carbocycles. The maximum absolute atomic E-state index is 5.76. The molecule has 0 spiro atoms. The van der Waals surface area contributed by atoms with E-state index in [9.17, 15) is 0 Å². The van der Waals surface area contributed by atoms with Crippen molar-refractivity contribution in [3.63, 3.8) is 0 Å². The second-order valence-electron chi connectivity index (χ2n) is 2.69. The molecule has 2 aromatic rings. The number of nitrogens with zero attached hydrogens (tertiary/aromatic N) is 2. The summed E-state index contributed by atoms with van der Waals surface area (Å²) in [5.41, 5.74) is 12.4. The molecule has 1 aromatic carbocycles. The largest absolute Gasteiger partial charge is 0.398 e. The molecule has 6 heteroatoms. The summed E-state index contributed by atoms with van der Waals surface area (Å²) in [5.74, 6) is 0.455. The monoisotopic (exact) mass is 302 g/mol. The normalized spacial score (nSPS) is 10.4. The summed E-state index contributed by atoms with van der Waals surface area (Å²) < 4.78 is 5.96. The number of nitrogens with two attached hydrogens (primary N) is 2. The van der Waals surface area contributed by atoms with Gasteiger partial charge in [-0.15, -0.1) is 0 Å². The van der Waals surface area contributed by atoms with Gasteiger partial charge < -0.3 is 16.0 Å². The standard InChI is InChI=1S/C8H7IN4O/c9-4-1-2-6(10)5(3-4)7-12-8(11)13-14-7/h1-3H,10H2,(H2,11,13). The Hall–Kier alpha value is -1.31. The molecule has 0 fully saturated rings. The Labute approximate surface area is 93.6 Å². The van der Waals surface area contributed by atoms with Crippen molar-refractivity contribution in [2.75, 3.05) is 11.5 Å². The maximum Gasteiger partial charge on any atom is 0.261 e. The van der Waals surface area contributed by atoms with Gasteiger partial charge in [0.15, 0.2) is 0 Å². The summed E-state index contributed by atoms with van der Waals surface area (Å²) >= 11 is 2.18. The fraction of sp³-hybridized carbons (Fsp3) is 0. The van der Waals surface area contributed by atoms with Gasteiger partial charge in [0.05, 0.1) is 5.56 Å². The second kappa shape index (κ2) is 3.45. The van der Waals surface area contributed by atoms with Crippen LogP contribution in [0.25, 0.3) is 11.5 Å². The van der Waals surface area contributed by atoms with Crippen molar-refractivity contribution in [1.29, 1.82) is 0 Å². The van der Waals surface area contributed by atoms with Crippen molar-refractivity contribution < 1.29 is 4.52 Å². The van der Waals surface area contributed by atoms with Crippen LogP contribution in [-0.4, -0.2) is 10.1 Å². The first-order valence-electron chi connectivity index (χ1n) is 3.81. The highest BCUT2D eigenvalue weighted by Crippen LogP contribution is 2.26. The Bertz CT molecular complexity index is 468. The minimum Gasteiger partial charge on any atom is -0.398 e. The highest BCUT2D eigenvalue weighted by molar-refractivity contribution is 14.1. The molecule has 14 heavy (non-hydrogen) atoms. The lowest BCUT2D eigenvalue weighted by atomic mass is 10.2. The molecule has 0 unspecified atom stereocenters. The van der Waals surface area contributed by atoms with Crippen molar-refractivity contribution >= 4 is 34.2 Å². The lowest BCUT2D eigenvalue weighted by Gasteiger charge is -2.00. The van der Waals surface area contributed by atoms with Crippen LogP contribution in [-0.2, 0) is 0 Å². The molecular weight excluding hydrogens is 295 g/mol. The first-order chi connectivity index (χ1) is 6.66. The van der Waals surface area contributed by atoms with E-state index in [0.29, 0.717) is 17.1 Å². The first kappa shape index (κ1) is 9.25. The molecule has 0 aliphatic heterocycles. The van der Waals surface area contributed by atoms with E-state index in [1.165, 1.54) is 0 Å². The van der Waals surface area contributed by atoms with Crippen molar-refractivity contribution in [3.05, 3.63) is 21.8 Å². The number of hydrogen-bond acceptors (Lipinski definition) is 5. The minimum atomic E-state index is 0.110. The molecule has 0 aliphatic rings. The van der Waals surface area contributed by atoms with Crippen LogP contribution in [0.5, 0.6) is 0 Å². The highest BCUT2D eigenvalue weighted by atomic mass is 127. The summed E-state index contributed by atoms with van der Waals surface area (Å²) in [6.45, 7) is 0. The Morgan fingerprint density at radius 1 is 1.29 bits per heavy atom. The van der Waals surface area contributed by atoms with E-state index in [-0.39, 0.29) is 5.95 Å². The average molecular weight is 302 g/mol. The van der Waals surface area contributed by atoms with E-state index < -0.39 is 0 Å². The van der Waals surface area contributed by atoms with Gasteiger partial charge in [0.2, 0.25) is 0 Å². The van der Waals surface area contributed by atoms with Gasteiger partial charge in [0.25, 0.3) is 11.8 Å². The highest BCUT2D eigenvalue weighted by Gasteiger charge is 2.10. The molecule has 1 aromatic heterocycles. The van der Waals surface area contributed by atoms with E-state index in [0.717, 1.165) is 3.57 Å². The number of benzene rings is 1. The lowest BCUT2D eigenvalue weighted by Crippen LogP contribution is -1.91. The van der Waals surface area contributed by atoms with E-state index in [1.807, 2.05) is 12.1 Å². The smallest absolute Gasteiger partial charge is 0.261 e. The van der Waals surface area contributed by atoms with Crippen LogP contribution < -0.4 is 11.5 Å².